The van der Waals surface area contributed by atoms with Crippen LogP contribution in [0.2, 0.25) is 0 Å². The summed E-state index contributed by atoms with van der Waals surface area (Å²) in [5, 5.41) is 6.28. The lowest BCUT2D eigenvalue weighted by Gasteiger charge is -2.38. The van der Waals surface area contributed by atoms with Gasteiger partial charge in [-0.1, -0.05) is 12.8 Å². The number of carbonyl (C=O) groups excluding carboxylic acids is 2. The van der Waals surface area contributed by atoms with Crippen molar-refractivity contribution in [2.75, 3.05) is 19.6 Å². The van der Waals surface area contributed by atoms with Gasteiger partial charge in [0.2, 0.25) is 11.8 Å². The van der Waals surface area contributed by atoms with E-state index in [-0.39, 0.29) is 29.8 Å². The summed E-state index contributed by atoms with van der Waals surface area (Å²) in [5.41, 5.74) is 0. The molecule has 3 fully saturated rings. The largest absolute Gasteiger partial charge is 0.354 e. The Hall–Kier alpha value is -1.10. The third-order valence-electron chi connectivity index (χ3n) is 4.74. The van der Waals surface area contributed by atoms with Crippen molar-refractivity contribution in [2.24, 2.45) is 5.92 Å². The van der Waals surface area contributed by atoms with E-state index < -0.39 is 0 Å². The average molecular weight is 265 g/mol. The molecule has 3 saturated heterocycles. The summed E-state index contributed by atoms with van der Waals surface area (Å²) >= 11 is 0. The summed E-state index contributed by atoms with van der Waals surface area (Å²) in [6, 6.07) is 0.0655. The fraction of sp³-hybridized carbons (Fsp3) is 0.857. The topological polar surface area (TPSA) is 61.4 Å². The highest BCUT2D eigenvalue weighted by Crippen LogP contribution is 2.28. The monoisotopic (exact) mass is 265 g/mol. The highest BCUT2D eigenvalue weighted by atomic mass is 16.2. The molecule has 3 unspecified atom stereocenters. The first kappa shape index (κ1) is 12.9. The van der Waals surface area contributed by atoms with E-state index in [1.807, 2.05) is 4.90 Å². The molecule has 5 heteroatoms. The summed E-state index contributed by atoms with van der Waals surface area (Å²) in [5.74, 6) is 0.382. The first-order valence-corrected chi connectivity index (χ1v) is 7.59. The van der Waals surface area contributed by atoms with Gasteiger partial charge in [-0.3, -0.25) is 9.59 Å². The maximum absolute atomic E-state index is 12.7. The minimum absolute atomic E-state index is 0.0306. The fourth-order valence-corrected chi connectivity index (χ4v) is 3.66. The van der Waals surface area contributed by atoms with Gasteiger partial charge in [-0.05, 0) is 32.2 Å². The zero-order chi connectivity index (χ0) is 13.2. The number of likely N-dealkylation sites (tertiary alicyclic amines) is 1. The molecule has 0 aliphatic carbocycles. The van der Waals surface area contributed by atoms with Gasteiger partial charge in [-0.15, -0.1) is 0 Å². The van der Waals surface area contributed by atoms with Crippen LogP contribution in [0.4, 0.5) is 0 Å². The highest BCUT2D eigenvalue weighted by Gasteiger charge is 2.43. The predicted octanol–water partition coefficient (Wildman–Crippen LogP) is 0.256. The number of nitrogens with one attached hydrogen (secondary N) is 2. The first-order chi connectivity index (χ1) is 9.27. The zero-order valence-electron chi connectivity index (χ0n) is 11.4. The number of fused-ring (bicyclic) bond motifs is 1. The van der Waals surface area contributed by atoms with Crippen LogP contribution in [0.3, 0.4) is 0 Å². The Morgan fingerprint density at radius 2 is 2.05 bits per heavy atom. The molecule has 2 N–H and O–H groups in total. The van der Waals surface area contributed by atoms with E-state index in [0.29, 0.717) is 6.54 Å². The predicted molar refractivity (Wildman–Crippen MR) is 71.5 cm³/mol. The molecule has 0 radical (unpaired) electrons. The van der Waals surface area contributed by atoms with Crippen molar-refractivity contribution in [2.45, 2.75) is 50.6 Å². The fourth-order valence-electron chi connectivity index (χ4n) is 3.66. The lowest BCUT2D eigenvalue weighted by molar-refractivity contribution is -0.139. The number of rotatable bonds is 1. The Balaban J connectivity index is 1.69. The number of nitrogens with zero attached hydrogens (tertiary/aromatic N) is 1. The van der Waals surface area contributed by atoms with Gasteiger partial charge in [-0.25, -0.2) is 0 Å². The molecule has 0 aromatic rings. The van der Waals surface area contributed by atoms with Gasteiger partial charge < -0.3 is 15.5 Å². The van der Waals surface area contributed by atoms with Crippen molar-refractivity contribution in [1.82, 2.24) is 15.5 Å². The van der Waals surface area contributed by atoms with Crippen molar-refractivity contribution < 1.29 is 9.59 Å². The van der Waals surface area contributed by atoms with Crippen molar-refractivity contribution in [3.05, 3.63) is 0 Å². The first-order valence-electron chi connectivity index (χ1n) is 7.59. The van der Waals surface area contributed by atoms with Crippen molar-refractivity contribution in [3.63, 3.8) is 0 Å². The second-order valence-electron chi connectivity index (χ2n) is 5.95. The molecule has 3 heterocycles. The van der Waals surface area contributed by atoms with Crippen LogP contribution in [0.5, 0.6) is 0 Å². The Kier molecular flexibility index (Phi) is 3.73. The average Bonchev–Trinajstić information content (AvgIpc) is 2.68. The second-order valence-corrected chi connectivity index (χ2v) is 5.95. The molecule has 0 saturated carbocycles. The van der Waals surface area contributed by atoms with E-state index in [2.05, 4.69) is 10.6 Å². The van der Waals surface area contributed by atoms with Crippen LogP contribution in [-0.2, 0) is 9.59 Å². The highest BCUT2D eigenvalue weighted by molar-refractivity contribution is 5.86. The normalized spacial score (nSPS) is 35.5. The van der Waals surface area contributed by atoms with Crippen LogP contribution in [0, 0.1) is 5.92 Å². The van der Waals surface area contributed by atoms with Gasteiger partial charge in [-0.2, -0.15) is 0 Å². The summed E-state index contributed by atoms with van der Waals surface area (Å²) in [6.07, 6.45) is 6.32. The molecule has 3 atom stereocenters. The number of carbonyl (C=O) groups is 2. The number of hydrogen-bond acceptors (Lipinski definition) is 3. The molecule has 3 aliphatic heterocycles. The van der Waals surface area contributed by atoms with Crippen LogP contribution >= 0.6 is 0 Å². The Bertz CT molecular complexity index is 364. The van der Waals surface area contributed by atoms with Crippen LogP contribution in [0.1, 0.15) is 38.5 Å². The quantitative estimate of drug-likeness (QED) is 0.715. The van der Waals surface area contributed by atoms with Gasteiger partial charge in [0.25, 0.3) is 0 Å². The molecule has 2 amide bonds. The molecule has 0 bridgehead atoms. The SMILES string of the molecule is O=C1NCC2C1CCCN2C(=O)C1CCCCCN1. The van der Waals surface area contributed by atoms with Crippen molar-refractivity contribution in [3.8, 4) is 0 Å². The molecule has 5 nitrogen and oxygen atoms in total. The lowest BCUT2D eigenvalue weighted by atomic mass is 9.90. The van der Waals surface area contributed by atoms with Crippen molar-refractivity contribution in [1.29, 1.82) is 0 Å². The molecule has 0 spiro atoms. The minimum atomic E-state index is -0.0306. The van der Waals surface area contributed by atoms with Crippen LogP contribution in [0.15, 0.2) is 0 Å². The smallest absolute Gasteiger partial charge is 0.240 e. The standard InChI is InChI=1S/C14H23N3O2/c18-13-10-5-4-8-17(12(10)9-16-13)14(19)11-6-2-1-3-7-15-11/h10-12,15H,1-9H2,(H,16,18). The summed E-state index contributed by atoms with van der Waals surface area (Å²) in [6.45, 7) is 2.39. The van der Waals surface area contributed by atoms with Crippen LogP contribution in [-0.4, -0.2) is 48.4 Å². The Morgan fingerprint density at radius 3 is 2.95 bits per heavy atom. The number of hydrogen-bond donors (Lipinski definition) is 2. The third-order valence-corrected chi connectivity index (χ3v) is 4.74. The molecule has 3 rings (SSSR count). The van der Waals surface area contributed by atoms with Crippen molar-refractivity contribution >= 4 is 11.8 Å². The third kappa shape index (κ3) is 2.48. The van der Waals surface area contributed by atoms with E-state index in [0.717, 1.165) is 45.2 Å². The van der Waals surface area contributed by atoms with Gasteiger partial charge in [0.05, 0.1) is 18.0 Å². The van der Waals surface area contributed by atoms with Crippen LogP contribution < -0.4 is 10.6 Å². The van der Waals surface area contributed by atoms with Crippen LogP contribution in [0.25, 0.3) is 0 Å². The second kappa shape index (κ2) is 5.49. The molecular weight excluding hydrogens is 242 g/mol. The maximum atomic E-state index is 12.7. The van der Waals surface area contributed by atoms with E-state index >= 15 is 0 Å². The summed E-state index contributed by atoms with van der Waals surface area (Å²) < 4.78 is 0. The van der Waals surface area contributed by atoms with Gasteiger partial charge in [0.1, 0.15) is 0 Å². The van der Waals surface area contributed by atoms with E-state index in [1.54, 1.807) is 0 Å². The number of piperidine rings is 1. The molecular formula is C14H23N3O2. The molecule has 0 aromatic heterocycles. The molecule has 0 aromatic carbocycles. The maximum Gasteiger partial charge on any atom is 0.240 e. The summed E-state index contributed by atoms with van der Waals surface area (Å²) in [4.78, 5) is 26.4. The van der Waals surface area contributed by atoms with E-state index in [1.165, 1.54) is 6.42 Å². The van der Waals surface area contributed by atoms with Gasteiger partial charge >= 0.3 is 0 Å². The zero-order valence-corrected chi connectivity index (χ0v) is 11.4. The van der Waals surface area contributed by atoms with Gasteiger partial charge in [0.15, 0.2) is 0 Å². The minimum Gasteiger partial charge on any atom is -0.354 e. The molecule has 3 aliphatic rings. The summed E-state index contributed by atoms with van der Waals surface area (Å²) in [7, 11) is 0. The Labute approximate surface area is 114 Å². The van der Waals surface area contributed by atoms with Gasteiger partial charge in [0, 0.05) is 13.1 Å². The lowest BCUT2D eigenvalue weighted by Crippen LogP contribution is -2.54. The van der Waals surface area contributed by atoms with E-state index in [9.17, 15) is 9.59 Å². The number of amides is 2. The van der Waals surface area contributed by atoms with E-state index in [4.69, 9.17) is 0 Å². The molecule has 106 valence electrons. The Morgan fingerprint density at radius 1 is 1.16 bits per heavy atom. The molecule has 19 heavy (non-hydrogen) atoms.